The van der Waals surface area contributed by atoms with Gasteiger partial charge in [-0.05, 0) is 0 Å². The summed E-state index contributed by atoms with van der Waals surface area (Å²) in [5, 5.41) is 17.1. The van der Waals surface area contributed by atoms with Crippen molar-refractivity contribution in [3.05, 3.63) is 28.0 Å². The Morgan fingerprint density at radius 1 is 1.64 bits per heavy atom. The maximum Gasteiger partial charge on any atom is 0.265 e. The third-order valence-corrected chi connectivity index (χ3v) is 2.06. The van der Waals surface area contributed by atoms with Crippen molar-refractivity contribution in [2.24, 2.45) is 0 Å². The van der Waals surface area contributed by atoms with Crippen LogP contribution in [0.1, 0.15) is 23.2 Å². The Labute approximate surface area is 83.6 Å². The van der Waals surface area contributed by atoms with Crippen molar-refractivity contribution in [1.82, 2.24) is 4.98 Å². The molecule has 6 heteroatoms. The Hall–Kier alpha value is -1.25. The number of aliphatic hydroxyl groups is 1. The Kier molecular flexibility index (Phi) is 3.33. The van der Waals surface area contributed by atoms with E-state index >= 15 is 0 Å². The van der Waals surface area contributed by atoms with Crippen LogP contribution < -0.4 is 0 Å². The number of aromatic nitrogens is 1. The predicted molar refractivity (Wildman–Crippen MR) is 44.8 cm³/mol. The highest BCUT2D eigenvalue weighted by Crippen LogP contribution is 2.29. The van der Waals surface area contributed by atoms with Crippen molar-refractivity contribution in [3.8, 4) is 6.07 Å². The van der Waals surface area contributed by atoms with E-state index in [4.69, 9.17) is 22.0 Å². The molecule has 0 bridgehead atoms. The molecular weight excluding hydrogens is 214 g/mol. The first-order valence-corrected chi connectivity index (χ1v) is 3.96. The predicted octanol–water partition coefficient (Wildman–Crippen LogP) is 2.04. The van der Waals surface area contributed by atoms with Crippen LogP contribution in [-0.4, -0.2) is 10.1 Å². The van der Waals surface area contributed by atoms with Gasteiger partial charge in [-0.1, -0.05) is 11.6 Å². The smallest absolute Gasteiger partial charge is 0.265 e. The van der Waals surface area contributed by atoms with Gasteiger partial charge in [0.1, 0.15) is 6.07 Å². The summed E-state index contributed by atoms with van der Waals surface area (Å²) in [6.45, 7) is -0.643. The first kappa shape index (κ1) is 10.8. The first-order valence-electron chi connectivity index (χ1n) is 3.58. The fraction of sp³-hybridized carbons (Fsp3) is 0.250. The first-order chi connectivity index (χ1) is 6.61. The van der Waals surface area contributed by atoms with Gasteiger partial charge in [0.05, 0.1) is 11.6 Å². The summed E-state index contributed by atoms with van der Waals surface area (Å²) in [5.41, 5.74) is -0.759. The second-order valence-electron chi connectivity index (χ2n) is 2.43. The quantitative estimate of drug-likeness (QED) is 0.826. The maximum absolute atomic E-state index is 12.3. The molecule has 1 N–H and O–H groups in total. The van der Waals surface area contributed by atoms with Crippen LogP contribution in [-0.2, 0) is 6.61 Å². The molecule has 0 aliphatic rings. The van der Waals surface area contributed by atoms with E-state index in [9.17, 15) is 8.78 Å². The Morgan fingerprint density at radius 3 is 2.71 bits per heavy atom. The Balaban J connectivity index is 3.38. The molecule has 3 nitrogen and oxygen atoms in total. The van der Waals surface area contributed by atoms with Crippen molar-refractivity contribution in [3.63, 3.8) is 0 Å². The molecule has 1 aromatic rings. The topological polar surface area (TPSA) is 56.9 Å². The van der Waals surface area contributed by atoms with E-state index in [1.807, 2.05) is 0 Å². The minimum absolute atomic E-state index is 0.145. The highest BCUT2D eigenvalue weighted by atomic mass is 35.5. The van der Waals surface area contributed by atoms with Crippen molar-refractivity contribution in [2.75, 3.05) is 0 Å². The fourth-order valence-electron chi connectivity index (χ4n) is 0.965. The number of alkyl halides is 2. The molecule has 0 spiro atoms. The standard InChI is InChI=1S/C8H5ClF2N2O/c9-7-5(3-14)4(8(10)11)2-13-6(7)1-12/h2,8,14H,3H2. The largest absolute Gasteiger partial charge is 0.392 e. The lowest BCUT2D eigenvalue weighted by Crippen LogP contribution is -2.00. The summed E-state index contributed by atoms with van der Waals surface area (Å²) in [7, 11) is 0. The lowest BCUT2D eigenvalue weighted by atomic mass is 10.1. The number of hydrogen-bond acceptors (Lipinski definition) is 3. The van der Waals surface area contributed by atoms with Gasteiger partial charge in [-0.3, -0.25) is 0 Å². The average molecular weight is 219 g/mol. The molecule has 0 amide bonds. The molecule has 0 aliphatic carbocycles. The van der Waals surface area contributed by atoms with E-state index < -0.39 is 18.6 Å². The van der Waals surface area contributed by atoms with E-state index in [1.165, 1.54) is 0 Å². The van der Waals surface area contributed by atoms with Gasteiger partial charge in [-0.15, -0.1) is 0 Å². The molecule has 0 saturated carbocycles. The molecule has 0 fully saturated rings. The van der Waals surface area contributed by atoms with Crippen molar-refractivity contribution < 1.29 is 13.9 Å². The van der Waals surface area contributed by atoms with E-state index in [2.05, 4.69) is 4.98 Å². The number of nitrogens with zero attached hydrogens (tertiary/aromatic N) is 2. The van der Waals surface area contributed by atoms with E-state index in [0.29, 0.717) is 0 Å². The zero-order valence-electron chi connectivity index (χ0n) is 6.84. The monoisotopic (exact) mass is 218 g/mol. The number of hydrogen-bond donors (Lipinski definition) is 1. The lowest BCUT2D eigenvalue weighted by Gasteiger charge is -2.08. The number of halogens is 3. The Morgan fingerprint density at radius 2 is 2.29 bits per heavy atom. The average Bonchev–Trinajstić information content (AvgIpc) is 2.17. The van der Waals surface area contributed by atoms with Crippen LogP contribution in [0, 0.1) is 11.3 Å². The van der Waals surface area contributed by atoms with E-state index in [-0.39, 0.29) is 16.3 Å². The molecule has 14 heavy (non-hydrogen) atoms. The zero-order chi connectivity index (χ0) is 10.7. The Bertz CT molecular complexity index is 390. The summed E-state index contributed by atoms with van der Waals surface area (Å²) in [5.74, 6) is 0. The van der Waals surface area contributed by atoms with E-state index in [0.717, 1.165) is 6.20 Å². The van der Waals surface area contributed by atoms with Crippen LogP contribution >= 0.6 is 11.6 Å². The number of rotatable bonds is 2. The number of nitriles is 1. The SMILES string of the molecule is N#Cc1ncc(C(F)F)c(CO)c1Cl. The second-order valence-corrected chi connectivity index (χ2v) is 2.80. The molecule has 0 aromatic carbocycles. The number of pyridine rings is 1. The fourth-order valence-corrected chi connectivity index (χ4v) is 1.22. The molecule has 0 saturated heterocycles. The third kappa shape index (κ3) is 1.81. The van der Waals surface area contributed by atoms with Gasteiger partial charge >= 0.3 is 0 Å². The van der Waals surface area contributed by atoms with Crippen molar-refractivity contribution in [2.45, 2.75) is 13.0 Å². The lowest BCUT2D eigenvalue weighted by molar-refractivity contribution is 0.146. The van der Waals surface area contributed by atoms with Gasteiger partial charge in [-0.25, -0.2) is 13.8 Å². The molecule has 1 rings (SSSR count). The maximum atomic E-state index is 12.3. The molecule has 1 aromatic heterocycles. The minimum atomic E-state index is -2.77. The third-order valence-electron chi connectivity index (χ3n) is 1.65. The molecule has 1 heterocycles. The summed E-state index contributed by atoms with van der Waals surface area (Å²) in [6.07, 6.45) is -1.92. The van der Waals surface area contributed by atoms with Crippen LogP contribution in [0.25, 0.3) is 0 Å². The highest BCUT2D eigenvalue weighted by molar-refractivity contribution is 6.32. The second kappa shape index (κ2) is 4.31. The van der Waals surface area contributed by atoms with Crippen LogP contribution in [0.3, 0.4) is 0 Å². The summed E-state index contributed by atoms with van der Waals surface area (Å²) in [6, 6.07) is 1.64. The zero-order valence-corrected chi connectivity index (χ0v) is 7.59. The summed E-state index contributed by atoms with van der Waals surface area (Å²) < 4.78 is 24.7. The van der Waals surface area contributed by atoms with Gasteiger partial charge in [0.15, 0.2) is 5.69 Å². The van der Waals surface area contributed by atoms with Crippen LogP contribution in [0.5, 0.6) is 0 Å². The van der Waals surface area contributed by atoms with E-state index in [1.54, 1.807) is 6.07 Å². The highest BCUT2D eigenvalue weighted by Gasteiger charge is 2.18. The molecule has 0 unspecified atom stereocenters. The molecule has 0 radical (unpaired) electrons. The minimum Gasteiger partial charge on any atom is -0.392 e. The van der Waals surface area contributed by atoms with Crippen LogP contribution in [0.15, 0.2) is 6.20 Å². The summed E-state index contributed by atoms with van der Waals surface area (Å²) in [4.78, 5) is 3.44. The number of aliphatic hydroxyl groups excluding tert-OH is 1. The van der Waals surface area contributed by atoms with Crippen molar-refractivity contribution in [1.29, 1.82) is 5.26 Å². The van der Waals surface area contributed by atoms with Crippen LogP contribution in [0.2, 0.25) is 5.02 Å². The normalized spacial score (nSPS) is 10.3. The van der Waals surface area contributed by atoms with Crippen molar-refractivity contribution >= 4 is 11.6 Å². The summed E-state index contributed by atoms with van der Waals surface area (Å²) >= 11 is 5.58. The van der Waals surface area contributed by atoms with Gasteiger partial charge in [0.25, 0.3) is 6.43 Å². The van der Waals surface area contributed by atoms with Gasteiger partial charge in [0.2, 0.25) is 0 Å². The van der Waals surface area contributed by atoms with Gasteiger partial charge < -0.3 is 5.11 Å². The van der Waals surface area contributed by atoms with Gasteiger partial charge in [-0.2, -0.15) is 5.26 Å². The van der Waals surface area contributed by atoms with Crippen LogP contribution in [0.4, 0.5) is 8.78 Å². The van der Waals surface area contributed by atoms with Gasteiger partial charge in [0, 0.05) is 17.3 Å². The molecule has 0 atom stereocenters. The molecular formula is C8H5ClF2N2O. The molecule has 0 aliphatic heterocycles. The molecule has 74 valence electrons.